The van der Waals surface area contributed by atoms with Gasteiger partial charge in [0.25, 0.3) is 0 Å². The molecule has 21 heavy (non-hydrogen) atoms. The van der Waals surface area contributed by atoms with Crippen LogP contribution in [0.5, 0.6) is 0 Å². The molecule has 0 aliphatic rings. The Morgan fingerprint density at radius 2 is 2.19 bits per heavy atom. The van der Waals surface area contributed by atoms with Gasteiger partial charge in [0.15, 0.2) is 0 Å². The first-order valence-corrected chi connectivity index (χ1v) is 6.84. The second kappa shape index (κ2) is 5.09. The first-order chi connectivity index (χ1) is 10.1. The Morgan fingerprint density at radius 1 is 1.38 bits per heavy atom. The maximum atomic E-state index is 11.8. The summed E-state index contributed by atoms with van der Waals surface area (Å²) in [5.41, 5.74) is 3.51. The van der Waals surface area contributed by atoms with Crippen molar-refractivity contribution in [2.24, 2.45) is 0 Å². The average molecular weight is 283 g/mol. The second-order valence-electron chi connectivity index (χ2n) is 5.22. The van der Waals surface area contributed by atoms with E-state index < -0.39 is 0 Å². The van der Waals surface area contributed by atoms with Crippen LogP contribution in [0.15, 0.2) is 36.8 Å². The number of para-hydroxylation sites is 1. The highest BCUT2D eigenvalue weighted by atomic mass is 16.5. The minimum absolute atomic E-state index is 0.312. The third-order valence-electron chi connectivity index (χ3n) is 3.56. The third kappa shape index (κ3) is 2.20. The van der Waals surface area contributed by atoms with E-state index in [1.165, 1.54) is 7.11 Å². The van der Waals surface area contributed by atoms with E-state index in [-0.39, 0.29) is 5.97 Å². The lowest BCUT2D eigenvalue weighted by Crippen LogP contribution is -1.99. The van der Waals surface area contributed by atoms with Crippen molar-refractivity contribution in [3.63, 3.8) is 0 Å². The van der Waals surface area contributed by atoms with E-state index in [0.717, 1.165) is 22.0 Å². The van der Waals surface area contributed by atoms with Gasteiger partial charge in [0.1, 0.15) is 0 Å². The molecule has 5 nitrogen and oxygen atoms in total. The van der Waals surface area contributed by atoms with Crippen molar-refractivity contribution in [2.75, 3.05) is 7.11 Å². The molecule has 0 atom stereocenters. The number of methoxy groups -OCH3 is 1. The molecule has 0 saturated heterocycles. The zero-order valence-electron chi connectivity index (χ0n) is 12.3. The van der Waals surface area contributed by atoms with Crippen LogP contribution in [0.2, 0.25) is 0 Å². The smallest absolute Gasteiger partial charge is 0.340 e. The number of carbonyl (C=O) groups is 1. The van der Waals surface area contributed by atoms with E-state index in [1.54, 1.807) is 6.20 Å². The maximum absolute atomic E-state index is 11.8. The van der Waals surface area contributed by atoms with Gasteiger partial charge in [-0.1, -0.05) is 18.2 Å². The summed E-state index contributed by atoms with van der Waals surface area (Å²) in [6, 6.07) is 6.17. The number of hydrogen-bond donors (Lipinski definition) is 1. The lowest BCUT2D eigenvalue weighted by Gasteiger charge is -2.04. The minimum atomic E-state index is -0.337. The average Bonchev–Trinajstić information content (AvgIpc) is 3.13. The SMILES string of the molecule is COC(=O)c1c[nH]c2c(-c3cnn(C(C)C)c3)cccc12. The molecule has 0 bridgehead atoms. The van der Waals surface area contributed by atoms with Crippen molar-refractivity contribution >= 4 is 16.9 Å². The molecule has 3 aromatic rings. The molecule has 108 valence electrons. The summed E-state index contributed by atoms with van der Waals surface area (Å²) in [5, 5.41) is 5.23. The van der Waals surface area contributed by atoms with Crippen LogP contribution in [0.25, 0.3) is 22.0 Å². The zero-order chi connectivity index (χ0) is 15.0. The number of carbonyl (C=O) groups excluding carboxylic acids is 1. The van der Waals surface area contributed by atoms with E-state index in [2.05, 4.69) is 23.9 Å². The molecule has 0 fully saturated rings. The van der Waals surface area contributed by atoms with Crippen LogP contribution in [0.3, 0.4) is 0 Å². The van der Waals surface area contributed by atoms with Gasteiger partial charge in [-0.3, -0.25) is 4.68 Å². The molecule has 0 spiro atoms. The standard InChI is InChI=1S/C16H17N3O2/c1-10(2)19-9-11(7-18-19)12-5-4-6-13-14(16(20)21-3)8-17-15(12)13/h4-10,17H,1-3H3. The maximum Gasteiger partial charge on any atom is 0.340 e. The van der Waals surface area contributed by atoms with Crippen molar-refractivity contribution in [1.82, 2.24) is 14.8 Å². The van der Waals surface area contributed by atoms with Crippen LogP contribution in [0.4, 0.5) is 0 Å². The Hall–Kier alpha value is -2.56. The topological polar surface area (TPSA) is 59.9 Å². The Balaban J connectivity index is 2.15. The number of aromatic nitrogens is 3. The van der Waals surface area contributed by atoms with Crippen LogP contribution in [-0.4, -0.2) is 27.8 Å². The van der Waals surface area contributed by atoms with Crippen molar-refractivity contribution < 1.29 is 9.53 Å². The van der Waals surface area contributed by atoms with Gasteiger partial charge < -0.3 is 9.72 Å². The molecule has 2 heterocycles. The quantitative estimate of drug-likeness (QED) is 0.749. The van der Waals surface area contributed by atoms with Gasteiger partial charge >= 0.3 is 5.97 Å². The molecule has 0 radical (unpaired) electrons. The van der Waals surface area contributed by atoms with Crippen molar-refractivity contribution in [2.45, 2.75) is 19.9 Å². The van der Waals surface area contributed by atoms with E-state index in [9.17, 15) is 4.79 Å². The summed E-state index contributed by atoms with van der Waals surface area (Å²) in [7, 11) is 1.39. The molecular weight excluding hydrogens is 266 g/mol. The molecular formula is C16H17N3O2. The van der Waals surface area contributed by atoms with Gasteiger partial charge in [-0.25, -0.2) is 4.79 Å². The van der Waals surface area contributed by atoms with Gasteiger partial charge in [-0.05, 0) is 13.8 Å². The highest BCUT2D eigenvalue weighted by Gasteiger charge is 2.15. The Morgan fingerprint density at radius 3 is 2.86 bits per heavy atom. The summed E-state index contributed by atoms with van der Waals surface area (Å²) in [6.07, 6.45) is 5.54. The lowest BCUT2D eigenvalue weighted by atomic mass is 10.0. The van der Waals surface area contributed by atoms with Gasteiger partial charge in [-0.15, -0.1) is 0 Å². The summed E-state index contributed by atoms with van der Waals surface area (Å²) < 4.78 is 6.72. The van der Waals surface area contributed by atoms with Crippen molar-refractivity contribution in [3.8, 4) is 11.1 Å². The summed E-state index contributed by atoms with van der Waals surface area (Å²) >= 11 is 0. The minimum Gasteiger partial charge on any atom is -0.465 e. The fourth-order valence-electron chi connectivity index (χ4n) is 2.43. The van der Waals surface area contributed by atoms with Crippen molar-refractivity contribution in [3.05, 3.63) is 42.4 Å². The molecule has 1 N–H and O–H groups in total. The van der Waals surface area contributed by atoms with Gasteiger partial charge in [-0.2, -0.15) is 5.10 Å². The molecule has 3 rings (SSSR count). The largest absolute Gasteiger partial charge is 0.465 e. The monoisotopic (exact) mass is 283 g/mol. The summed E-state index contributed by atoms with van der Waals surface area (Å²) in [4.78, 5) is 14.9. The van der Waals surface area contributed by atoms with Crippen LogP contribution < -0.4 is 0 Å². The number of H-pyrrole nitrogens is 1. The van der Waals surface area contributed by atoms with E-state index in [0.29, 0.717) is 11.6 Å². The first-order valence-electron chi connectivity index (χ1n) is 6.84. The molecule has 5 heteroatoms. The summed E-state index contributed by atoms with van der Waals surface area (Å²) in [6.45, 7) is 4.17. The second-order valence-corrected chi connectivity index (χ2v) is 5.22. The van der Waals surface area contributed by atoms with Crippen molar-refractivity contribution in [1.29, 1.82) is 0 Å². The first kappa shape index (κ1) is 13.4. The molecule has 0 aliphatic carbocycles. The number of nitrogens with one attached hydrogen (secondary N) is 1. The fraction of sp³-hybridized carbons (Fsp3) is 0.250. The summed E-state index contributed by atoms with van der Waals surface area (Å²) in [5.74, 6) is -0.337. The van der Waals surface area contributed by atoms with Gasteiger partial charge in [0.05, 0.1) is 24.4 Å². The van der Waals surface area contributed by atoms with Gasteiger partial charge in [0.2, 0.25) is 0 Å². The number of ether oxygens (including phenoxy) is 1. The molecule has 0 saturated carbocycles. The number of hydrogen-bond acceptors (Lipinski definition) is 3. The van der Waals surface area contributed by atoms with Crippen LogP contribution >= 0.6 is 0 Å². The molecule has 0 unspecified atom stereocenters. The van der Waals surface area contributed by atoms with Gasteiger partial charge in [0, 0.05) is 34.9 Å². The third-order valence-corrected chi connectivity index (χ3v) is 3.56. The zero-order valence-corrected chi connectivity index (χ0v) is 12.3. The Bertz CT molecular complexity index is 799. The molecule has 0 amide bonds. The molecule has 0 aliphatic heterocycles. The van der Waals surface area contributed by atoms with E-state index >= 15 is 0 Å². The number of benzene rings is 1. The normalized spacial score (nSPS) is 11.2. The number of aromatic amines is 1. The number of esters is 1. The predicted octanol–water partition coefficient (Wildman–Crippen LogP) is 3.40. The van der Waals surface area contributed by atoms with E-state index in [4.69, 9.17) is 4.74 Å². The molecule has 1 aromatic carbocycles. The Kier molecular flexibility index (Phi) is 3.25. The predicted molar refractivity (Wildman–Crippen MR) is 81.2 cm³/mol. The highest BCUT2D eigenvalue weighted by Crippen LogP contribution is 2.30. The fourth-order valence-corrected chi connectivity index (χ4v) is 2.43. The van der Waals surface area contributed by atoms with Crippen LogP contribution in [-0.2, 0) is 4.74 Å². The Labute approximate surface area is 122 Å². The molecule has 2 aromatic heterocycles. The number of nitrogens with zero attached hydrogens (tertiary/aromatic N) is 2. The van der Waals surface area contributed by atoms with E-state index in [1.807, 2.05) is 35.3 Å². The highest BCUT2D eigenvalue weighted by molar-refractivity contribution is 6.07. The number of fused-ring (bicyclic) bond motifs is 1. The van der Waals surface area contributed by atoms with Crippen LogP contribution in [0.1, 0.15) is 30.2 Å². The number of rotatable bonds is 3. The lowest BCUT2D eigenvalue weighted by molar-refractivity contribution is 0.0603. The van der Waals surface area contributed by atoms with Crippen LogP contribution in [0, 0.1) is 0 Å².